The lowest BCUT2D eigenvalue weighted by Gasteiger charge is -2.46. The Morgan fingerprint density at radius 1 is 1.22 bits per heavy atom. The van der Waals surface area contributed by atoms with Gasteiger partial charge in [0.1, 0.15) is 0 Å². The fourth-order valence-electron chi connectivity index (χ4n) is 4.01. The van der Waals surface area contributed by atoms with Gasteiger partial charge in [-0.15, -0.1) is 0 Å². The molecule has 1 aliphatic carbocycles. The van der Waals surface area contributed by atoms with Crippen LogP contribution in [0.25, 0.3) is 0 Å². The van der Waals surface area contributed by atoms with Gasteiger partial charge in [-0.1, -0.05) is 63.6 Å². The van der Waals surface area contributed by atoms with Crippen LogP contribution in [-0.4, -0.2) is 17.8 Å². The minimum absolute atomic E-state index is 0.0871. The Labute approximate surface area is 140 Å². The van der Waals surface area contributed by atoms with Crippen molar-refractivity contribution in [1.29, 1.82) is 0 Å². The molecule has 1 aromatic rings. The first-order valence-electron chi connectivity index (χ1n) is 8.95. The molecular weight excluding hydrogens is 284 g/mol. The third-order valence-electron chi connectivity index (χ3n) is 5.69. The van der Waals surface area contributed by atoms with Gasteiger partial charge in [0.15, 0.2) is 0 Å². The molecule has 0 spiro atoms. The minimum Gasteiger partial charge on any atom is -0.392 e. The second kappa shape index (κ2) is 6.41. The third-order valence-corrected chi connectivity index (χ3v) is 5.69. The highest BCUT2D eigenvalue weighted by Crippen LogP contribution is 2.47. The number of fused-ring (bicyclic) bond motifs is 1. The van der Waals surface area contributed by atoms with E-state index in [0.717, 1.165) is 19.3 Å². The molecule has 0 radical (unpaired) electrons. The zero-order chi connectivity index (χ0) is 16.6. The van der Waals surface area contributed by atoms with E-state index in [1.807, 2.05) is 0 Å². The molecule has 1 N–H and O–H groups in total. The number of rotatable bonds is 3. The molecular formula is C21H30O2. The van der Waals surface area contributed by atoms with Crippen LogP contribution in [0.3, 0.4) is 0 Å². The third kappa shape index (κ3) is 3.39. The van der Waals surface area contributed by atoms with Crippen LogP contribution in [0.15, 0.2) is 35.9 Å². The van der Waals surface area contributed by atoms with Gasteiger partial charge >= 0.3 is 0 Å². The smallest absolute Gasteiger partial charge is 0.0862 e. The zero-order valence-corrected chi connectivity index (χ0v) is 14.9. The zero-order valence-electron chi connectivity index (χ0n) is 14.9. The standard InChI is InChI=1S/C21H30O2/c1-14(2)11-15-5-7-16(8-6-15)19-12-17-9-10-20(22)21(3,4)18(17)13-23-19/h5-9,14,18-20,22H,10-13H2,1-4H3/t18-,19-,20+/m0/s1. The van der Waals surface area contributed by atoms with E-state index in [9.17, 15) is 5.11 Å². The Balaban J connectivity index is 1.72. The van der Waals surface area contributed by atoms with Gasteiger partial charge in [-0.3, -0.25) is 0 Å². The van der Waals surface area contributed by atoms with Crippen molar-refractivity contribution in [2.45, 2.75) is 59.2 Å². The van der Waals surface area contributed by atoms with E-state index in [2.05, 4.69) is 58.0 Å². The second-order valence-corrected chi connectivity index (χ2v) is 8.27. The second-order valence-electron chi connectivity index (χ2n) is 8.27. The lowest BCUT2D eigenvalue weighted by molar-refractivity contribution is -0.0681. The van der Waals surface area contributed by atoms with Crippen molar-refractivity contribution in [2.24, 2.45) is 17.3 Å². The first-order valence-corrected chi connectivity index (χ1v) is 8.95. The summed E-state index contributed by atoms with van der Waals surface area (Å²) in [7, 11) is 0. The molecule has 126 valence electrons. The van der Waals surface area contributed by atoms with Gasteiger partial charge in [0.25, 0.3) is 0 Å². The van der Waals surface area contributed by atoms with E-state index in [4.69, 9.17) is 4.74 Å². The van der Waals surface area contributed by atoms with Gasteiger partial charge in [0.05, 0.1) is 18.8 Å². The van der Waals surface area contributed by atoms with E-state index < -0.39 is 0 Å². The van der Waals surface area contributed by atoms with E-state index in [-0.39, 0.29) is 17.6 Å². The summed E-state index contributed by atoms with van der Waals surface area (Å²) < 4.78 is 6.19. The maximum Gasteiger partial charge on any atom is 0.0862 e. The van der Waals surface area contributed by atoms with Crippen molar-refractivity contribution in [2.75, 3.05) is 6.61 Å². The van der Waals surface area contributed by atoms with Crippen molar-refractivity contribution in [1.82, 2.24) is 0 Å². The summed E-state index contributed by atoms with van der Waals surface area (Å²) in [5, 5.41) is 10.3. The first kappa shape index (κ1) is 16.7. The maximum atomic E-state index is 10.3. The summed E-state index contributed by atoms with van der Waals surface area (Å²) >= 11 is 0. The minimum atomic E-state index is -0.258. The molecule has 3 atom stereocenters. The highest BCUT2D eigenvalue weighted by Gasteiger charge is 2.43. The van der Waals surface area contributed by atoms with E-state index in [0.29, 0.717) is 18.4 Å². The van der Waals surface area contributed by atoms with Gasteiger partial charge in [-0.05, 0) is 41.7 Å². The van der Waals surface area contributed by atoms with E-state index in [1.54, 1.807) is 0 Å². The SMILES string of the molecule is CC(C)Cc1ccc([C@@H]2CC3=CC[C@@H](O)C(C)(C)[C@H]3CO2)cc1. The van der Waals surface area contributed by atoms with Crippen LogP contribution < -0.4 is 0 Å². The van der Waals surface area contributed by atoms with Crippen LogP contribution in [0, 0.1) is 17.3 Å². The van der Waals surface area contributed by atoms with Gasteiger partial charge in [0, 0.05) is 5.92 Å². The van der Waals surface area contributed by atoms with Crippen molar-refractivity contribution < 1.29 is 9.84 Å². The number of aliphatic hydroxyl groups excluding tert-OH is 1. The first-order chi connectivity index (χ1) is 10.9. The molecule has 1 fully saturated rings. The van der Waals surface area contributed by atoms with Crippen LogP contribution in [-0.2, 0) is 11.2 Å². The molecule has 2 aliphatic rings. The number of hydrogen-bond acceptors (Lipinski definition) is 2. The lowest BCUT2D eigenvalue weighted by Crippen LogP contribution is -2.44. The molecule has 0 unspecified atom stereocenters. The van der Waals surface area contributed by atoms with E-state index >= 15 is 0 Å². The molecule has 1 saturated heterocycles. The Hall–Kier alpha value is -1.12. The predicted octanol–water partition coefficient (Wildman–Crippen LogP) is 4.68. The van der Waals surface area contributed by atoms with Crippen LogP contribution in [0.5, 0.6) is 0 Å². The van der Waals surface area contributed by atoms with Crippen molar-refractivity contribution >= 4 is 0 Å². The highest BCUT2D eigenvalue weighted by atomic mass is 16.5. The molecule has 2 heteroatoms. The Morgan fingerprint density at radius 3 is 2.57 bits per heavy atom. The summed E-state index contributed by atoms with van der Waals surface area (Å²) in [6.45, 7) is 9.56. The van der Waals surface area contributed by atoms with Crippen LogP contribution in [0.4, 0.5) is 0 Å². The fourth-order valence-corrected chi connectivity index (χ4v) is 4.01. The topological polar surface area (TPSA) is 29.5 Å². The number of benzene rings is 1. The molecule has 0 saturated carbocycles. The molecule has 1 heterocycles. The van der Waals surface area contributed by atoms with Gasteiger partial charge in [-0.25, -0.2) is 0 Å². The molecule has 0 amide bonds. The van der Waals surface area contributed by atoms with Crippen LogP contribution >= 0.6 is 0 Å². The van der Waals surface area contributed by atoms with Crippen molar-refractivity contribution in [3.63, 3.8) is 0 Å². The predicted molar refractivity (Wildman–Crippen MR) is 94.3 cm³/mol. The summed E-state index contributed by atoms with van der Waals surface area (Å²) in [6, 6.07) is 8.94. The Morgan fingerprint density at radius 2 is 1.91 bits per heavy atom. The summed E-state index contributed by atoms with van der Waals surface area (Å²) in [6.07, 6.45) is 5.03. The average molecular weight is 314 g/mol. The maximum absolute atomic E-state index is 10.3. The molecule has 23 heavy (non-hydrogen) atoms. The van der Waals surface area contributed by atoms with Crippen LogP contribution in [0.1, 0.15) is 57.8 Å². The molecule has 0 aromatic heterocycles. The van der Waals surface area contributed by atoms with Crippen molar-refractivity contribution in [3.8, 4) is 0 Å². The number of hydrogen-bond donors (Lipinski definition) is 1. The molecule has 1 aromatic carbocycles. The summed E-state index contributed by atoms with van der Waals surface area (Å²) in [4.78, 5) is 0. The van der Waals surface area contributed by atoms with E-state index in [1.165, 1.54) is 16.7 Å². The monoisotopic (exact) mass is 314 g/mol. The quantitative estimate of drug-likeness (QED) is 0.821. The average Bonchev–Trinajstić information content (AvgIpc) is 2.51. The molecule has 1 aliphatic heterocycles. The summed E-state index contributed by atoms with van der Waals surface area (Å²) in [5.74, 6) is 1.04. The molecule has 0 bridgehead atoms. The highest BCUT2D eigenvalue weighted by molar-refractivity contribution is 5.28. The largest absolute Gasteiger partial charge is 0.392 e. The Bertz CT molecular complexity index is 568. The lowest BCUT2D eigenvalue weighted by atomic mass is 9.65. The molecule has 3 rings (SSSR count). The molecule has 2 nitrogen and oxygen atoms in total. The van der Waals surface area contributed by atoms with Gasteiger partial charge in [0.2, 0.25) is 0 Å². The number of aliphatic hydroxyl groups is 1. The summed E-state index contributed by atoms with van der Waals surface area (Å²) in [5.41, 5.74) is 4.07. The van der Waals surface area contributed by atoms with Crippen molar-refractivity contribution in [3.05, 3.63) is 47.0 Å². The van der Waals surface area contributed by atoms with Crippen LogP contribution in [0.2, 0.25) is 0 Å². The fraction of sp³-hybridized carbons (Fsp3) is 0.619. The van der Waals surface area contributed by atoms with Gasteiger partial charge in [-0.2, -0.15) is 0 Å². The number of ether oxygens (including phenoxy) is 1. The normalized spacial score (nSPS) is 30.0. The Kier molecular flexibility index (Phi) is 4.66. The van der Waals surface area contributed by atoms with Gasteiger partial charge < -0.3 is 9.84 Å².